The van der Waals surface area contributed by atoms with E-state index in [1.807, 2.05) is 18.3 Å². The molecule has 1 aliphatic heterocycles. The summed E-state index contributed by atoms with van der Waals surface area (Å²) in [6.45, 7) is 6.12. The molecule has 1 atom stereocenters. The van der Waals surface area contributed by atoms with Gasteiger partial charge in [-0.05, 0) is 19.1 Å². The average Bonchev–Trinajstić information content (AvgIpc) is 2.39. The topological polar surface area (TPSA) is 69.2 Å². The van der Waals surface area contributed by atoms with Crippen molar-refractivity contribution in [2.24, 2.45) is 5.73 Å². The molecule has 0 radical (unpaired) electrons. The van der Waals surface area contributed by atoms with E-state index in [2.05, 4.69) is 27.8 Å². The van der Waals surface area contributed by atoms with Gasteiger partial charge in [-0.25, -0.2) is 4.98 Å². The highest BCUT2D eigenvalue weighted by Crippen LogP contribution is 2.14. The minimum Gasteiger partial charge on any atom is -0.388 e. The molecule has 5 nitrogen and oxygen atoms in total. The number of hydrogen-bond donors (Lipinski definition) is 2. The van der Waals surface area contributed by atoms with Gasteiger partial charge >= 0.3 is 0 Å². The van der Waals surface area contributed by atoms with E-state index in [0.29, 0.717) is 12.5 Å². The lowest BCUT2D eigenvalue weighted by atomic mass is 10.1. The summed E-state index contributed by atoms with van der Waals surface area (Å²) in [5.74, 6) is 1.33. The molecule has 1 saturated heterocycles. The number of nitrogens with one attached hydrogen (secondary N) is 1. The zero-order valence-corrected chi connectivity index (χ0v) is 10.8. The molecule has 1 aromatic rings. The fourth-order valence-electron chi connectivity index (χ4n) is 2.38. The number of piperazine rings is 1. The van der Waals surface area contributed by atoms with Crippen LogP contribution in [0, 0.1) is 5.41 Å². The summed E-state index contributed by atoms with van der Waals surface area (Å²) in [6.07, 6.45) is 2.49. The molecule has 2 heterocycles. The number of pyridine rings is 1. The highest BCUT2D eigenvalue weighted by atomic mass is 15.3. The second-order valence-electron chi connectivity index (χ2n) is 4.79. The van der Waals surface area contributed by atoms with E-state index < -0.39 is 0 Å². The number of aromatic nitrogens is 1. The molecule has 0 spiro atoms. The summed E-state index contributed by atoms with van der Waals surface area (Å²) in [5, 5.41) is 7.35. The summed E-state index contributed by atoms with van der Waals surface area (Å²) in [6, 6.07) is 6.37. The molecule has 0 aliphatic carbocycles. The van der Waals surface area contributed by atoms with Crippen LogP contribution in [-0.2, 0) is 0 Å². The minimum absolute atomic E-state index is 0.273. The molecule has 0 aromatic carbocycles. The van der Waals surface area contributed by atoms with Crippen molar-refractivity contribution in [1.29, 1.82) is 5.41 Å². The van der Waals surface area contributed by atoms with Gasteiger partial charge in [0, 0.05) is 44.8 Å². The van der Waals surface area contributed by atoms with Crippen LogP contribution in [0.3, 0.4) is 0 Å². The van der Waals surface area contributed by atoms with Gasteiger partial charge in [0.1, 0.15) is 5.82 Å². The predicted molar refractivity (Wildman–Crippen MR) is 74.0 cm³/mol. The Morgan fingerprint density at radius 2 is 2.11 bits per heavy atom. The van der Waals surface area contributed by atoms with E-state index in [9.17, 15) is 0 Å². The Bertz CT molecular complexity index is 384. The lowest BCUT2D eigenvalue weighted by Gasteiger charge is -2.38. The fourth-order valence-corrected chi connectivity index (χ4v) is 2.38. The van der Waals surface area contributed by atoms with Crippen LogP contribution in [0.2, 0.25) is 0 Å². The first-order chi connectivity index (χ1) is 8.66. The Hall–Kier alpha value is -1.62. The van der Waals surface area contributed by atoms with Crippen molar-refractivity contribution >= 4 is 11.7 Å². The van der Waals surface area contributed by atoms with Crippen LogP contribution < -0.4 is 10.6 Å². The lowest BCUT2D eigenvalue weighted by molar-refractivity contribution is 0.200. The van der Waals surface area contributed by atoms with Crippen LogP contribution in [0.15, 0.2) is 24.4 Å². The van der Waals surface area contributed by atoms with Gasteiger partial charge in [0.2, 0.25) is 0 Å². The third kappa shape index (κ3) is 3.20. The number of amidine groups is 1. The van der Waals surface area contributed by atoms with Crippen molar-refractivity contribution in [1.82, 2.24) is 9.88 Å². The molecule has 18 heavy (non-hydrogen) atoms. The average molecular weight is 247 g/mol. The molecule has 1 aliphatic rings. The first-order valence-electron chi connectivity index (χ1n) is 6.40. The largest absolute Gasteiger partial charge is 0.388 e. The van der Waals surface area contributed by atoms with Crippen LogP contribution in [0.4, 0.5) is 5.82 Å². The maximum Gasteiger partial charge on any atom is 0.128 e. The summed E-state index contributed by atoms with van der Waals surface area (Å²) >= 11 is 0. The highest BCUT2D eigenvalue weighted by Gasteiger charge is 2.21. The van der Waals surface area contributed by atoms with Gasteiger partial charge in [0.05, 0.1) is 5.84 Å². The van der Waals surface area contributed by atoms with E-state index in [1.165, 1.54) is 0 Å². The van der Waals surface area contributed by atoms with Gasteiger partial charge in [-0.2, -0.15) is 0 Å². The Morgan fingerprint density at radius 3 is 2.67 bits per heavy atom. The standard InChI is InChI=1S/C13H21N5/c1-11(10-12(14)15)17-6-8-18(9-7-17)13-4-2-3-5-16-13/h2-5,11H,6-10H2,1H3,(H3,14,15). The van der Waals surface area contributed by atoms with Crippen molar-refractivity contribution in [2.45, 2.75) is 19.4 Å². The quantitative estimate of drug-likeness (QED) is 0.613. The van der Waals surface area contributed by atoms with Gasteiger partial charge in [0.15, 0.2) is 0 Å². The number of nitrogens with zero attached hydrogens (tertiary/aromatic N) is 3. The molecule has 3 N–H and O–H groups in total. The van der Waals surface area contributed by atoms with Crippen molar-refractivity contribution in [3.63, 3.8) is 0 Å². The number of anilines is 1. The van der Waals surface area contributed by atoms with Crippen molar-refractivity contribution in [2.75, 3.05) is 31.1 Å². The molecule has 5 heteroatoms. The minimum atomic E-state index is 0.273. The van der Waals surface area contributed by atoms with Crippen LogP contribution in [0.5, 0.6) is 0 Å². The Morgan fingerprint density at radius 1 is 1.39 bits per heavy atom. The summed E-state index contributed by atoms with van der Waals surface area (Å²) in [7, 11) is 0. The smallest absolute Gasteiger partial charge is 0.128 e. The summed E-state index contributed by atoms with van der Waals surface area (Å²) in [4.78, 5) is 9.07. The molecule has 1 fully saturated rings. The Kier molecular flexibility index (Phi) is 4.15. The lowest BCUT2D eigenvalue weighted by Crippen LogP contribution is -2.50. The van der Waals surface area contributed by atoms with Crippen LogP contribution in [-0.4, -0.2) is 47.9 Å². The Balaban J connectivity index is 1.86. The molecular formula is C13H21N5. The first-order valence-corrected chi connectivity index (χ1v) is 6.40. The SMILES string of the molecule is CC(CC(=N)N)N1CCN(c2ccccn2)CC1. The number of nitrogens with two attached hydrogens (primary N) is 1. The molecular weight excluding hydrogens is 226 g/mol. The van der Waals surface area contributed by atoms with Gasteiger partial charge in [-0.15, -0.1) is 0 Å². The molecule has 2 rings (SSSR count). The van der Waals surface area contributed by atoms with Gasteiger partial charge in [-0.1, -0.05) is 6.07 Å². The number of rotatable bonds is 4. The van der Waals surface area contributed by atoms with Gasteiger partial charge < -0.3 is 10.6 Å². The molecule has 1 aromatic heterocycles. The maximum atomic E-state index is 7.35. The van der Waals surface area contributed by atoms with Crippen molar-refractivity contribution in [3.05, 3.63) is 24.4 Å². The second kappa shape index (κ2) is 5.82. The van der Waals surface area contributed by atoms with Crippen LogP contribution in [0.1, 0.15) is 13.3 Å². The van der Waals surface area contributed by atoms with E-state index in [4.69, 9.17) is 11.1 Å². The zero-order chi connectivity index (χ0) is 13.0. The summed E-state index contributed by atoms with van der Waals surface area (Å²) < 4.78 is 0. The molecule has 98 valence electrons. The Labute approximate surface area is 108 Å². The van der Waals surface area contributed by atoms with Crippen molar-refractivity contribution < 1.29 is 0 Å². The molecule has 1 unspecified atom stereocenters. The van der Waals surface area contributed by atoms with E-state index >= 15 is 0 Å². The summed E-state index contributed by atoms with van der Waals surface area (Å²) in [5.41, 5.74) is 5.45. The third-order valence-corrected chi connectivity index (χ3v) is 3.43. The van der Waals surface area contributed by atoms with E-state index in [-0.39, 0.29) is 5.84 Å². The van der Waals surface area contributed by atoms with Crippen LogP contribution >= 0.6 is 0 Å². The zero-order valence-electron chi connectivity index (χ0n) is 10.8. The number of hydrogen-bond acceptors (Lipinski definition) is 4. The fraction of sp³-hybridized carbons (Fsp3) is 0.538. The van der Waals surface area contributed by atoms with Gasteiger partial charge in [-0.3, -0.25) is 10.3 Å². The van der Waals surface area contributed by atoms with E-state index in [0.717, 1.165) is 32.0 Å². The van der Waals surface area contributed by atoms with Crippen LogP contribution in [0.25, 0.3) is 0 Å². The highest BCUT2D eigenvalue weighted by molar-refractivity contribution is 5.77. The van der Waals surface area contributed by atoms with Gasteiger partial charge in [0.25, 0.3) is 0 Å². The second-order valence-corrected chi connectivity index (χ2v) is 4.79. The van der Waals surface area contributed by atoms with Crippen molar-refractivity contribution in [3.8, 4) is 0 Å². The maximum absolute atomic E-state index is 7.35. The first kappa shape index (κ1) is 12.8. The predicted octanol–water partition coefficient (Wildman–Crippen LogP) is 0.918. The normalized spacial score (nSPS) is 18.6. The van der Waals surface area contributed by atoms with E-state index in [1.54, 1.807) is 0 Å². The molecule has 0 bridgehead atoms. The molecule has 0 saturated carbocycles. The monoisotopic (exact) mass is 247 g/mol. The third-order valence-electron chi connectivity index (χ3n) is 3.43. The molecule has 0 amide bonds.